The van der Waals surface area contributed by atoms with Gasteiger partial charge in [0.05, 0.1) is 10.7 Å². The lowest BCUT2D eigenvalue weighted by Crippen LogP contribution is -1.95. The highest BCUT2D eigenvalue weighted by atomic mass is 35.5. The third-order valence-electron chi connectivity index (χ3n) is 3.70. The van der Waals surface area contributed by atoms with Gasteiger partial charge in [-0.1, -0.05) is 41.0 Å². The Morgan fingerprint density at radius 2 is 1.73 bits per heavy atom. The molecular weight excluding hydrogens is 370 g/mol. The van der Waals surface area contributed by atoms with Crippen LogP contribution in [0, 0.1) is 6.92 Å². The van der Waals surface area contributed by atoms with Crippen molar-refractivity contribution in [1.29, 1.82) is 0 Å². The van der Waals surface area contributed by atoms with E-state index in [1.165, 1.54) is 0 Å². The SMILES string of the molecule is Cc1nc(-c2ccc(-c3noc(COc4ccc(Cl)cc4)n3)cc2)cs1. The smallest absolute Gasteiger partial charge is 0.264 e. The highest BCUT2D eigenvalue weighted by Crippen LogP contribution is 2.25. The topological polar surface area (TPSA) is 61.0 Å². The van der Waals surface area contributed by atoms with Crippen molar-refractivity contribution < 1.29 is 9.26 Å². The summed E-state index contributed by atoms with van der Waals surface area (Å²) in [7, 11) is 0. The Hall–Kier alpha value is -2.70. The van der Waals surface area contributed by atoms with Crippen LogP contribution < -0.4 is 4.74 Å². The van der Waals surface area contributed by atoms with Crippen molar-refractivity contribution in [2.45, 2.75) is 13.5 Å². The quantitative estimate of drug-likeness (QED) is 0.461. The molecule has 0 amide bonds. The summed E-state index contributed by atoms with van der Waals surface area (Å²) in [5, 5.41) is 7.77. The Morgan fingerprint density at radius 3 is 2.42 bits per heavy atom. The van der Waals surface area contributed by atoms with Crippen LogP contribution in [0.5, 0.6) is 5.75 Å². The Kier molecular flexibility index (Phi) is 4.69. The predicted octanol–water partition coefficient (Wildman–Crippen LogP) is 5.40. The predicted molar refractivity (Wildman–Crippen MR) is 101 cm³/mol. The van der Waals surface area contributed by atoms with Gasteiger partial charge in [-0.25, -0.2) is 4.98 Å². The molecule has 0 radical (unpaired) electrons. The normalized spacial score (nSPS) is 10.8. The number of ether oxygens (including phenoxy) is 1. The molecule has 0 spiro atoms. The number of nitrogens with zero attached hydrogens (tertiary/aromatic N) is 3. The maximum Gasteiger partial charge on any atom is 0.264 e. The molecule has 0 fully saturated rings. The van der Waals surface area contributed by atoms with Crippen LogP contribution in [0.25, 0.3) is 22.6 Å². The average molecular weight is 384 g/mol. The maximum absolute atomic E-state index is 5.85. The van der Waals surface area contributed by atoms with Gasteiger partial charge in [-0.05, 0) is 31.2 Å². The van der Waals surface area contributed by atoms with Gasteiger partial charge in [-0.3, -0.25) is 0 Å². The first kappa shape index (κ1) is 16.8. The summed E-state index contributed by atoms with van der Waals surface area (Å²) >= 11 is 7.49. The molecule has 5 nitrogen and oxygen atoms in total. The van der Waals surface area contributed by atoms with E-state index in [0.29, 0.717) is 22.5 Å². The van der Waals surface area contributed by atoms with Crippen LogP contribution in [0.4, 0.5) is 0 Å². The van der Waals surface area contributed by atoms with Crippen molar-refractivity contribution >= 4 is 22.9 Å². The second kappa shape index (κ2) is 7.27. The first-order chi connectivity index (χ1) is 12.7. The van der Waals surface area contributed by atoms with Crippen LogP contribution in [0.3, 0.4) is 0 Å². The van der Waals surface area contributed by atoms with Crippen molar-refractivity contribution in [2.75, 3.05) is 0 Å². The molecule has 0 saturated heterocycles. The second-order valence-corrected chi connectivity index (χ2v) is 7.08. The van der Waals surface area contributed by atoms with E-state index in [2.05, 4.69) is 15.1 Å². The first-order valence-corrected chi connectivity index (χ1v) is 9.17. The van der Waals surface area contributed by atoms with Gasteiger partial charge in [0.15, 0.2) is 6.61 Å². The van der Waals surface area contributed by atoms with Gasteiger partial charge in [-0.15, -0.1) is 11.3 Å². The zero-order valence-corrected chi connectivity index (χ0v) is 15.4. The Morgan fingerprint density at radius 1 is 1.00 bits per heavy atom. The molecule has 0 aliphatic carbocycles. The molecule has 4 aromatic rings. The number of halogens is 1. The van der Waals surface area contributed by atoms with Gasteiger partial charge in [0.2, 0.25) is 5.82 Å². The Labute approximate surface area is 159 Å². The molecule has 2 aromatic carbocycles. The molecule has 0 bridgehead atoms. The van der Waals surface area contributed by atoms with E-state index < -0.39 is 0 Å². The third-order valence-corrected chi connectivity index (χ3v) is 4.73. The van der Waals surface area contributed by atoms with E-state index in [1.807, 2.05) is 36.6 Å². The summed E-state index contributed by atoms with van der Waals surface area (Å²) in [5.74, 6) is 1.63. The largest absolute Gasteiger partial charge is 0.484 e. The van der Waals surface area contributed by atoms with Gasteiger partial charge in [0.25, 0.3) is 5.89 Å². The zero-order valence-electron chi connectivity index (χ0n) is 13.8. The molecule has 0 aliphatic heterocycles. The van der Waals surface area contributed by atoms with E-state index in [1.54, 1.807) is 35.6 Å². The molecule has 0 saturated carbocycles. The molecule has 4 rings (SSSR count). The monoisotopic (exact) mass is 383 g/mol. The third kappa shape index (κ3) is 3.76. The van der Waals surface area contributed by atoms with Gasteiger partial charge < -0.3 is 9.26 Å². The average Bonchev–Trinajstić information content (AvgIpc) is 3.31. The van der Waals surface area contributed by atoms with Crippen molar-refractivity contribution in [3.05, 3.63) is 69.8 Å². The summed E-state index contributed by atoms with van der Waals surface area (Å²) in [4.78, 5) is 8.87. The van der Waals surface area contributed by atoms with Crippen LogP contribution >= 0.6 is 22.9 Å². The minimum Gasteiger partial charge on any atom is -0.484 e. The van der Waals surface area contributed by atoms with Gasteiger partial charge in [0, 0.05) is 21.5 Å². The van der Waals surface area contributed by atoms with E-state index in [0.717, 1.165) is 21.8 Å². The Bertz CT molecular complexity index is 1010. The first-order valence-electron chi connectivity index (χ1n) is 7.91. The van der Waals surface area contributed by atoms with Crippen LogP contribution in [0.15, 0.2) is 58.4 Å². The number of thiazole rings is 1. The number of hydrogen-bond donors (Lipinski definition) is 0. The van der Waals surface area contributed by atoms with Crippen LogP contribution in [-0.2, 0) is 6.61 Å². The number of rotatable bonds is 5. The number of hydrogen-bond acceptors (Lipinski definition) is 6. The van der Waals surface area contributed by atoms with Crippen molar-refractivity contribution in [2.24, 2.45) is 0 Å². The number of aromatic nitrogens is 3. The minimum atomic E-state index is 0.199. The molecule has 7 heteroatoms. The summed E-state index contributed by atoms with van der Waals surface area (Å²) in [5.41, 5.74) is 2.92. The fourth-order valence-electron chi connectivity index (χ4n) is 2.39. The minimum absolute atomic E-state index is 0.199. The van der Waals surface area contributed by atoms with Crippen LogP contribution in [-0.4, -0.2) is 15.1 Å². The van der Waals surface area contributed by atoms with Crippen LogP contribution in [0.2, 0.25) is 5.02 Å². The molecule has 130 valence electrons. The van der Waals surface area contributed by atoms with E-state index in [4.69, 9.17) is 20.9 Å². The molecule has 2 aromatic heterocycles. The second-order valence-electron chi connectivity index (χ2n) is 5.58. The highest BCUT2D eigenvalue weighted by Gasteiger charge is 2.10. The summed E-state index contributed by atoms with van der Waals surface area (Å²) in [6, 6.07) is 15.0. The molecule has 0 N–H and O–H groups in total. The molecule has 2 heterocycles. The van der Waals surface area contributed by atoms with Crippen molar-refractivity contribution in [1.82, 2.24) is 15.1 Å². The zero-order chi connectivity index (χ0) is 17.9. The van der Waals surface area contributed by atoms with Gasteiger partial charge >= 0.3 is 0 Å². The van der Waals surface area contributed by atoms with E-state index in [9.17, 15) is 0 Å². The maximum atomic E-state index is 5.85. The van der Waals surface area contributed by atoms with E-state index >= 15 is 0 Å². The van der Waals surface area contributed by atoms with Crippen molar-refractivity contribution in [3.63, 3.8) is 0 Å². The Balaban J connectivity index is 1.44. The van der Waals surface area contributed by atoms with Gasteiger partial charge in [-0.2, -0.15) is 4.98 Å². The standard InChI is InChI=1S/C19H14ClN3O2S/c1-12-21-17(11-26-12)13-2-4-14(5-3-13)19-22-18(25-23-19)10-24-16-8-6-15(20)7-9-16/h2-9,11H,10H2,1H3. The molecule has 26 heavy (non-hydrogen) atoms. The van der Waals surface area contributed by atoms with Crippen molar-refractivity contribution in [3.8, 4) is 28.4 Å². The summed E-state index contributed by atoms with van der Waals surface area (Å²) in [6.45, 7) is 2.19. The lowest BCUT2D eigenvalue weighted by atomic mass is 10.1. The van der Waals surface area contributed by atoms with Gasteiger partial charge in [0.1, 0.15) is 5.75 Å². The highest BCUT2D eigenvalue weighted by molar-refractivity contribution is 7.09. The lowest BCUT2D eigenvalue weighted by molar-refractivity contribution is 0.243. The summed E-state index contributed by atoms with van der Waals surface area (Å²) in [6.07, 6.45) is 0. The fraction of sp³-hybridized carbons (Fsp3) is 0.105. The number of aryl methyl sites for hydroxylation is 1. The molecule has 0 unspecified atom stereocenters. The van der Waals surface area contributed by atoms with Crippen LogP contribution in [0.1, 0.15) is 10.9 Å². The molecular formula is C19H14ClN3O2S. The fourth-order valence-corrected chi connectivity index (χ4v) is 3.14. The number of benzene rings is 2. The molecule has 0 atom stereocenters. The van der Waals surface area contributed by atoms with E-state index in [-0.39, 0.29) is 6.61 Å². The lowest BCUT2D eigenvalue weighted by Gasteiger charge is -2.02. The summed E-state index contributed by atoms with van der Waals surface area (Å²) < 4.78 is 10.9. The molecule has 0 aliphatic rings.